The lowest BCUT2D eigenvalue weighted by atomic mass is 10.1. The van der Waals surface area contributed by atoms with Crippen molar-refractivity contribution in [2.75, 3.05) is 13.1 Å². The Balaban J connectivity index is 1.87. The molecule has 4 nitrogen and oxygen atoms in total. The van der Waals surface area contributed by atoms with Gasteiger partial charge in [-0.25, -0.2) is 4.79 Å². The van der Waals surface area contributed by atoms with E-state index in [1.54, 1.807) is 4.90 Å². The van der Waals surface area contributed by atoms with Crippen LogP contribution < -0.4 is 5.32 Å². The van der Waals surface area contributed by atoms with Crippen LogP contribution in [0.5, 0.6) is 0 Å². The molecule has 3 amide bonds. The maximum Gasteiger partial charge on any atom is 0.324 e. The third kappa shape index (κ3) is 2.59. The molecule has 0 spiro atoms. The molecule has 0 aromatic heterocycles. The van der Waals surface area contributed by atoms with Crippen LogP contribution in [0.25, 0.3) is 0 Å². The molecule has 1 saturated heterocycles. The number of nitrogens with one attached hydrogen (secondary N) is 1. The standard InChI is InChI=1S/C12H14N2O2/c15-11-7-9-14(12(16)13-11)8-6-10-4-2-1-3-5-10/h1-5H,6-9H2,(H,13,15,16). The lowest BCUT2D eigenvalue weighted by molar-refractivity contribution is -0.121. The second-order valence-corrected chi connectivity index (χ2v) is 3.83. The van der Waals surface area contributed by atoms with Crippen LogP contribution in [0.15, 0.2) is 30.3 Å². The van der Waals surface area contributed by atoms with Gasteiger partial charge in [-0.15, -0.1) is 0 Å². The van der Waals surface area contributed by atoms with E-state index in [1.807, 2.05) is 30.3 Å². The SMILES string of the molecule is O=C1CCN(CCc2ccccc2)C(=O)N1. The molecule has 84 valence electrons. The number of hydrogen-bond acceptors (Lipinski definition) is 2. The smallest absolute Gasteiger partial charge is 0.324 e. The Hall–Kier alpha value is -1.84. The maximum absolute atomic E-state index is 11.4. The van der Waals surface area contributed by atoms with E-state index >= 15 is 0 Å². The van der Waals surface area contributed by atoms with Crippen LogP contribution in [-0.4, -0.2) is 29.9 Å². The molecular formula is C12H14N2O2. The molecule has 0 aliphatic carbocycles. The Bertz CT molecular complexity index is 389. The van der Waals surface area contributed by atoms with Crippen LogP contribution in [0.1, 0.15) is 12.0 Å². The van der Waals surface area contributed by atoms with E-state index in [-0.39, 0.29) is 11.9 Å². The molecular weight excluding hydrogens is 204 g/mol. The molecule has 1 heterocycles. The summed E-state index contributed by atoms with van der Waals surface area (Å²) in [7, 11) is 0. The Morgan fingerprint density at radius 1 is 1.19 bits per heavy atom. The summed E-state index contributed by atoms with van der Waals surface area (Å²) in [5, 5.41) is 2.31. The normalized spacial score (nSPS) is 16.1. The second kappa shape index (κ2) is 4.79. The number of carbonyl (C=O) groups excluding carboxylic acids is 2. The molecule has 4 heteroatoms. The fraction of sp³-hybridized carbons (Fsp3) is 0.333. The van der Waals surface area contributed by atoms with Gasteiger partial charge < -0.3 is 4.90 Å². The van der Waals surface area contributed by atoms with E-state index in [9.17, 15) is 9.59 Å². The van der Waals surface area contributed by atoms with Crippen molar-refractivity contribution >= 4 is 11.9 Å². The molecule has 16 heavy (non-hydrogen) atoms. The lowest BCUT2D eigenvalue weighted by Gasteiger charge is -2.26. The van der Waals surface area contributed by atoms with Gasteiger partial charge in [0.2, 0.25) is 5.91 Å². The van der Waals surface area contributed by atoms with Crippen molar-refractivity contribution < 1.29 is 9.59 Å². The molecule has 1 aromatic rings. The summed E-state index contributed by atoms with van der Waals surface area (Å²) in [6.45, 7) is 1.18. The summed E-state index contributed by atoms with van der Waals surface area (Å²) in [5.74, 6) is -0.180. The first-order valence-corrected chi connectivity index (χ1v) is 5.38. The summed E-state index contributed by atoms with van der Waals surface area (Å²) < 4.78 is 0. The minimum Gasteiger partial charge on any atom is -0.324 e. The molecule has 2 rings (SSSR count). The van der Waals surface area contributed by atoms with Crippen LogP contribution in [0, 0.1) is 0 Å². The zero-order valence-corrected chi connectivity index (χ0v) is 8.98. The van der Waals surface area contributed by atoms with Gasteiger partial charge in [-0.1, -0.05) is 30.3 Å². The predicted molar refractivity (Wildman–Crippen MR) is 59.9 cm³/mol. The van der Waals surface area contributed by atoms with Crippen LogP contribution in [0.2, 0.25) is 0 Å². The predicted octanol–water partition coefficient (Wildman–Crippen LogP) is 1.17. The highest BCUT2D eigenvalue weighted by atomic mass is 16.2. The van der Waals surface area contributed by atoms with Crippen molar-refractivity contribution in [2.45, 2.75) is 12.8 Å². The van der Waals surface area contributed by atoms with E-state index < -0.39 is 0 Å². The van der Waals surface area contributed by atoms with Gasteiger partial charge in [-0.05, 0) is 12.0 Å². The number of rotatable bonds is 3. The van der Waals surface area contributed by atoms with E-state index in [0.29, 0.717) is 19.5 Å². The molecule has 0 atom stereocenters. The van der Waals surface area contributed by atoms with Crippen LogP contribution in [0.3, 0.4) is 0 Å². The summed E-state index contributed by atoms with van der Waals surface area (Å²) in [6.07, 6.45) is 1.23. The fourth-order valence-electron chi connectivity index (χ4n) is 1.72. The third-order valence-electron chi connectivity index (χ3n) is 2.66. The van der Waals surface area contributed by atoms with Crippen molar-refractivity contribution in [1.29, 1.82) is 0 Å². The average molecular weight is 218 g/mol. The van der Waals surface area contributed by atoms with Gasteiger partial charge in [-0.2, -0.15) is 0 Å². The Labute approximate surface area is 94.2 Å². The highest BCUT2D eigenvalue weighted by Crippen LogP contribution is 2.04. The topological polar surface area (TPSA) is 49.4 Å². The number of amides is 3. The minimum absolute atomic E-state index is 0.180. The molecule has 1 aliphatic heterocycles. The van der Waals surface area contributed by atoms with Crippen molar-refractivity contribution in [2.24, 2.45) is 0 Å². The first-order chi connectivity index (χ1) is 7.75. The summed E-state index contributed by atoms with van der Waals surface area (Å²) in [5.41, 5.74) is 1.20. The van der Waals surface area contributed by atoms with Crippen molar-refractivity contribution in [3.05, 3.63) is 35.9 Å². The zero-order chi connectivity index (χ0) is 11.4. The number of nitrogens with zero attached hydrogens (tertiary/aromatic N) is 1. The van der Waals surface area contributed by atoms with Gasteiger partial charge in [0.05, 0.1) is 0 Å². The number of hydrogen-bond donors (Lipinski definition) is 1. The van der Waals surface area contributed by atoms with Gasteiger partial charge in [0.15, 0.2) is 0 Å². The quantitative estimate of drug-likeness (QED) is 0.828. The average Bonchev–Trinajstić information content (AvgIpc) is 2.29. The number of benzene rings is 1. The minimum atomic E-state index is -0.271. The molecule has 1 aliphatic rings. The first kappa shape index (κ1) is 10.7. The first-order valence-electron chi connectivity index (χ1n) is 5.38. The lowest BCUT2D eigenvalue weighted by Crippen LogP contribution is -2.49. The monoisotopic (exact) mass is 218 g/mol. The number of urea groups is 1. The summed E-state index contributed by atoms with van der Waals surface area (Å²) in [6, 6.07) is 9.73. The Morgan fingerprint density at radius 2 is 1.94 bits per heavy atom. The third-order valence-corrected chi connectivity index (χ3v) is 2.66. The van der Waals surface area contributed by atoms with Gasteiger partial charge in [-0.3, -0.25) is 10.1 Å². The molecule has 1 N–H and O–H groups in total. The molecule has 1 fully saturated rings. The molecule has 1 aromatic carbocycles. The Morgan fingerprint density at radius 3 is 2.62 bits per heavy atom. The molecule has 0 bridgehead atoms. The van der Waals surface area contributed by atoms with E-state index in [4.69, 9.17) is 0 Å². The van der Waals surface area contributed by atoms with Gasteiger partial charge in [0.25, 0.3) is 0 Å². The Kier molecular flexibility index (Phi) is 3.19. The van der Waals surface area contributed by atoms with E-state index in [0.717, 1.165) is 6.42 Å². The van der Waals surface area contributed by atoms with Crippen LogP contribution in [0.4, 0.5) is 4.79 Å². The van der Waals surface area contributed by atoms with Crippen molar-refractivity contribution in [1.82, 2.24) is 10.2 Å². The van der Waals surface area contributed by atoms with Crippen molar-refractivity contribution in [3.63, 3.8) is 0 Å². The van der Waals surface area contributed by atoms with E-state index in [1.165, 1.54) is 5.56 Å². The highest BCUT2D eigenvalue weighted by molar-refractivity contribution is 5.96. The fourth-order valence-corrected chi connectivity index (χ4v) is 1.72. The van der Waals surface area contributed by atoms with Crippen molar-refractivity contribution in [3.8, 4) is 0 Å². The highest BCUT2D eigenvalue weighted by Gasteiger charge is 2.21. The number of imide groups is 1. The van der Waals surface area contributed by atoms with Crippen LogP contribution in [-0.2, 0) is 11.2 Å². The summed E-state index contributed by atoms with van der Waals surface area (Å²) in [4.78, 5) is 24.0. The van der Waals surface area contributed by atoms with Crippen LogP contribution >= 0.6 is 0 Å². The van der Waals surface area contributed by atoms with E-state index in [2.05, 4.69) is 5.32 Å². The maximum atomic E-state index is 11.4. The molecule has 0 saturated carbocycles. The largest absolute Gasteiger partial charge is 0.324 e. The second-order valence-electron chi connectivity index (χ2n) is 3.83. The molecule has 0 radical (unpaired) electrons. The van der Waals surface area contributed by atoms with Gasteiger partial charge in [0.1, 0.15) is 0 Å². The number of carbonyl (C=O) groups is 2. The summed E-state index contributed by atoms with van der Waals surface area (Å²) >= 11 is 0. The van der Waals surface area contributed by atoms with Gasteiger partial charge in [0, 0.05) is 19.5 Å². The molecule has 0 unspecified atom stereocenters. The van der Waals surface area contributed by atoms with Gasteiger partial charge >= 0.3 is 6.03 Å². The zero-order valence-electron chi connectivity index (χ0n) is 8.98.